The standard InChI is InChI=1S/C11H14O2/c1-7-4-5-8-6-11(7,9(12)13)10(8,2)3/h4-5H,6H2,1-3H3,(H,12,13). The van der Waals surface area contributed by atoms with Crippen molar-refractivity contribution in [1.82, 2.24) is 0 Å². The summed E-state index contributed by atoms with van der Waals surface area (Å²) in [4.78, 5) is 11.3. The monoisotopic (exact) mass is 178 g/mol. The van der Waals surface area contributed by atoms with Crippen molar-refractivity contribution >= 4 is 5.97 Å². The highest BCUT2D eigenvalue weighted by Crippen LogP contribution is 2.65. The van der Waals surface area contributed by atoms with Crippen molar-refractivity contribution < 1.29 is 9.90 Å². The molecule has 2 bridgehead atoms. The Bertz CT molecular complexity index is 347. The number of fused-ring (bicyclic) bond motifs is 1. The van der Waals surface area contributed by atoms with Gasteiger partial charge in [-0.25, -0.2) is 0 Å². The molecule has 3 rings (SSSR count). The van der Waals surface area contributed by atoms with E-state index >= 15 is 0 Å². The van der Waals surface area contributed by atoms with Crippen LogP contribution in [0.15, 0.2) is 23.3 Å². The fourth-order valence-corrected chi connectivity index (χ4v) is 2.67. The Morgan fingerprint density at radius 3 is 2.38 bits per heavy atom. The Labute approximate surface area is 78.0 Å². The number of allylic oxidation sites excluding steroid dienone is 3. The Morgan fingerprint density at radius 2 is 2.08 bits per heavy atom. The summed E-state index contributed by atoms with van der Waals surface area (Å²) in [5, 5.41) is 9.27. The molecule has 0 spiro atoms. The van der Waals surface area contributed by atoms with Gasteiger partial charge in [0.2, 0.25) is 0 Å². The highest BCUT2D eigenvalue weighted by atomic mass is 16.4. The Kier molecular flexibility index (Phi) is 1.35. The lowest BCUT2D eigenvalue weighted by Crippen LogP contribution is -2.56. The molecule has 3 aliphatic rings. The molecule has 0 aliphatic heterocycles. The van der Waals surface area contributed by atoms with Crippen LogP contribution in [0.5, 0.6) is 0 Å². The van der Waals surface area contributed by atoms with Crippen LogP contribution >= 0.6 is 0 Å². The van der Waals surface area contributed by atoms with E-state index in [1.54, 1.807) is 0 Å². The average molecular weight is 178 g/mol. The van der Waals surface area contributed by atoms with Crippen LogP contribution in [0.2, 0.25) is 0 Å². The first-order chi connectivity index (χ1) is 5.93. The summed E-state index contributed by atoms with van der Waals surface area (Å²) in [7, 11) is 0. The number of hydrogen-bond acceptors (Lipinski definition) is 1. The summed E-state index contributed by atoms with van der Waals surface area (Å²) in [6.45, 7) is 5.96. The smallest absolute Gasteiger partial charge is 0.314 e. The van der Waals surface area contributed by atoms with Crippen molar-refractivity contribution in [3.8, 4) is 0 Å². The third-order valence-electron chi connectivity index (χ3n) is 3.90. The van der Waals surface area contributed by atoms with Gasteiger partial charge >= 0.3 is 5.97 Å². The van der Waals surface area contributed by atoms with Crippen LogP contribution in [-0.2, 0) is 4.79 Å². The molecule has 13 heavy (non-hydrogen) atoms. The number of carboxylic acid groups (broad SMARTS) is 1. The normalized spacial score (nSPS) is 34.4. The zero-order valence-corrected chi connectivity index (χ0v) is 8.22. The second kappa shape index (κ2) is 2.06. The van der Waals surface area contributed by atoms with Crippen molar-refractivity contribution in [2.45, 2.75) is 27.2 Å². The molecule has 0 radical (unpaired) electrons. The van der Waals surface area contributed by atoms with Crippen molar-refractivity contribution in [3.63, 3.8) is 0 Å². The summed E-state index contributed by atoms with van der Waals surface area (Å²) in [5.41, 5.74) is 1.45. The molecule has 0 heterocycles. The number of carboxylic acids is 1. The minimum Gasteiger partial charge on any atom is -0.481 e. The fourth-order valence-electron chi connectivity index (χ4n) is 2.67. The maximum atomic E-state index is 11.3. The van der Waals surface area contributed by atoms with Crippen LogP contribution in [0.4, 0.5) is 0 Å². The molecule has 0 saturated heterocycles. The molecule has 3 aliphatic carbocycles. The molecule has 1 saturated carbocycles. The van der Waals surface area contributed by atoms with Crippen LogP contribution in [0.1, 0.15) is 27.2 Å². The van der Waals surface area contributed by atoms with E-state index in [4.69, 9.17) is 0 Å². The minimum atomic E-state index is -0.678. The van der Waals surface area contributed by atoms with Gasteiger partial charge in [-0.15, -0.1) is 0 Å². The lowest BCUT2D eigenvalue weighted by atomic mass is 9.44. The van der Waals surface area contributed by atoms with Crippen molar-refractivity contribution in [2.75, 3.05) is 0 Å². The number of rotatable bonds is 1. The maximum absolute atomic E-state index is 11.3. The molecule has 0 amide bonds. The van der Waals surface area contributed by atoms with Gasteiger partial charge in [-0.1, -0.05) is 37.1 Å². The first kappa shape index (κ1) is 8.54. The summed E-state index contributed by atoms with van der Waals surface area (Å²) in [5.74, 6) is -0.678. The molecule has 0 aromatic carbocycles. The fraction of sp³-hybridized carbons (Fsp3) is 0.545. The van der Waals surface area contributed by atoms with E-state index < -0.39 is 11.4 Å². The summed E-state index contributed by atoms with van der Waals surface area (Å²) in [6, 6.07) is 0. The van der Waals surface area contributed by atoms with E-state index in [1.807, 2.05) is 26.8 Å². The number of aliphatic carboxylic acids is 1. The highest BCUT2D eigenvalue weighted by Gasteiger charge is 2.63. The van der Waals surface area contributed by atoms with Crippen molar-refractivity contribution in [3.05, 3.63) is 23.3 Å². The zero-order chi connectivity index (χ0) is 9.85. The van der Waals surface area contributed by atoms with Crippen LogP contribution < -0.4 is 0 Å². The van der Waals surface area contributed by atoms with Crippen LogP contribution in [0.25, 0.3) is 0 Å². The van der Waals surface area contributed by atoms with Crippen LogP contribution in [-0.4, -0.2) is 11.1 Å². The SMILES string of the molecule is CC1=CC=C2CC1(C(=O)O)C2(C)C. The largest absolute Gasteiger partial charge is 0.481 e. The lowest BCUT2D eigenvalue weighted by molar-refractivity contribution is -0.157. The van der Waals surface area contributed by atoms with Crippen LogP contribution in [0.3, 0.4) is 0 Å². The molecule has 0 aromatic heterocycles. The zero-order valence-electron chi connectivity index (χ0n) is 8.22. The van der Waals surface area contributed by atoms with Gasteiger partial charge in [0.05, 0.1) is 0 Å². The maximum Gasteiger partial charge on any atom is 0.314 e. The predicted octanol–water partition coefficient (Wildman–Crippen LogP) is 2.37. The van der Waals surface area contributed by atoms with Gasteiger partial charge in [0.1, 0.15) is 5.41 Å². The van der Waals surface area contributed by atoms with E-state index in [9.17, 15) is 9.90 Å². The van der Waals surface area contributed by atoms with Crippen molar-refractivity contribution in [2.24, 2.45) is 10.8 Å². The predicted molar refractivity (Wildman–Crippen MR) is 50.3 cm³/mol. The second-order valence-corrected chi connectivity index (χ2v) is 4.55. The molecular formula is C11H14O2. The quantitative estimate of drug-likeness (QED) is 0.669. The van der Waals surface area contributed by atoms with Gasteiger partial charge in [-0.3, -0.25) is 4.79 Å². The molecule has 2 heteroatoms. The molecule has 1 fully saturated rings. The first-order valence-corrected chi connectivity index (χ1v) is 4.55. The summed E-state index contributed by atoms with van der Waals surface area (Å²) < 4.78 is 0. The molecule has 1 unspecified atom stereocenters. The van der Waals surface area contributed by atoms with E-state index in [1.165, 1.54) is 5.57 Å². The van der Waals surface area contributed by atoms with Crippen LogP contribution in [0, 0.1) is 10.8 Å². The van der Waals surface area contributed by atoms with E-state index in [0.717, 1.165) is 5.57 Å². The van der Waals surface area contributed by atoms with Gasteiger partial charge in [-0.05, 0) is 13.3 Å². The first-order valence-electron chi connectivity index (χ1n) is 4.55. The van der Waals surface area contributed by atoms with E-state index in [-0.39, 0.29) is 5.41 Å². The topological polar surface area (TPSA) is 37.3 Å². The Balaban J connectivity index is 2.57. The highest BCUT2D eigenvalue weighted by molar-refractivity contribution is 5.85. The third-order valence-corrected chi connectivity index (χ3v) is 3.90. The molecular weight excluding hydrogens is 164 g/mol. The van der Waals surface area contributed by atoms with Crippen molar-refractivity contribution in [1.29, 1.82) is 0 Å². The third kappa shape index (κ3) is 0.679. The second-order valence-electron chi connectivity index (χ2n) is 4.55. The Morgan fingerprint density at radius 1 is 1.46 bits per heavy atom. The molecule has 1 N–H and O–H groups in total. The molecule has 1 atom stereocenters. The molecule has 0 aromatic rings. The van der Waals surface area contributed by atoms with E-state index in [0.29, 0.717) is 6.42 Å². The van der Waals surface area contributed by atoms with E-state index in [2.05, 4.69) is 6.08 Å². The summed E-state index contributed by atoms with van der Waals surface area (Å²) in [6.07, 6.45) is 4.72. The average Bonchev–Trinajstić information content (AvgIpc) is 2.02. The van der Waals surface area contributed by atoms with Gasteiger partial charge in [0, 0.05) is 5.41 Å². The van der Waals surface area contributed by atoms with Gasteiger partial charge in [0.15, 0.2) is 0 Å². The number of carbonyl (C=O) groups is 1. The number of hydrogen-bond donors (Lipinski definition) is 1. The van der Waals surface area contributed by atoms with Gasteiger partial charge < -0.3 is 5.11 Å². The van der Waals surface area contributed by atoms with Gasteiger partial charge in [-0.2, -0.15) is 0 Å². The molecule has 2 nitrogen and oxygen atoms in total. The summed E-state index contributed by atoms with van der Waals surface area (Å²) >= 11 is 0. The lowest BCUT2D eigenvalue weighted by Gasteiger charge is -2.58. The Hall–Kier alpha value is -1.05. The molecule has 70 valence electrons. The minimum absolute atomic E-state index is 0.183. The van der Waals surface area contributed by atoms with Gasteiger partial charge in [0.25, 0.3) is 0 Å².